The molecular weight excluding hydrogens is 486 g/mol. The molecule has 0 aromatic heterocycles. The number of carbonyl (C=O) groups is 1. The third-order valence-corrected chi connectivity index (χ3v) is 8.24. The van der Waals surface area contributed by atoms with Crippen molar-refractivity contribution in [1.82, 2.24) is 0 Å². The molecule has 0 amide bonds. The molecule has 3 aromatic carbocycles. The summed E-state index contributed by atoms with van der Waals surface area (Å²) in [4.78, 5) is 14.9. The first-order valence-corrected chi connectivity index (χ1v) is 14.3. The van der Waals surface area contributed by atoms with Crippen molar-refractivity contribution < 1.29 is 14.3 Å². The van der Waals surface area contributed by atoms with Crippen LogP contribution in [-0.2, 0) is 9.47 Å². The summed E-state index contributed by atoms with van der Waals surface area (Å²) >= 11 is 0. The van der Waals surface area contributed by atoms with Gasteiger partial charge in [-0.15, -0.1) is 0 Å². The van der Waals surface area contributed by atoms with Crippen LogP contribution in [0.5, 0.6) is 0 Å². The van der Waals surface area contributed by atoms with Gasteiger partial charge in [-0.2, -0.15) is 0 Å². The van der Waals surface area contributed by atoms with Gasteiger partial charge in [-0.1, -0.05) is 31.4 Å². The Morgan fingerprint density at radius 3 is 2.26 bits per heavy atom. The normalized spacial score (nSPS) is 16.5. The number of carbonyl (C=O) groups excluding carboxylic acids is 1. The SMILES string of the molecule is COC(=O)c1cc(NC2CCOCC2)ccc1Nc1ccc(N(C)c2ccc(C3CCCCC3)cc2)cc1C. The monoisotopic (exact) mass is 527 g/mol. The smallest absolute Gasteiger partial charge is 0.340 e. The second kappa shape index (κ2) is 12.6. The molecule has 2 fully saturated rings. The highest BCUT2D eigenvalue weighted by atomic mass is 16.5. The molecule has 1 aliphatic heterocycles. The Morgan fingerprint density at radius 1 is 0.872 bits per heavy atom. The molecule has 3 aromatic rings. The van der Waals surface area contributed by atoms with Crippen LogP contribution in [0.2, 0.25) is 0 Å². The van der Waals surface area contributed by atoms with Gasteiger partial charge >= 0.3 is 5.97 Å². The van der Waals surface area contributed by atoms with Crippen molar-refractivity contribution in [2.75, 3.05) is 42.9 Å². The van der Waals surface area contributed by atoms with Crippen LogP contribution >= 0.6 is 0 Å². The molecule has 2 aliphatic rings. The van der Waals surface area contributed by atoms with Gasteiger partial charge in [0.1, 0.15) is 0 Å². The number of rotatable bonds is 8. The summed E-state index contributed by atoms with van der Waals surface area (Å²) in [7, 11) is 3.53. The van der Waals surface area contributed by atoms with Crippen LogP contribution in [0, 0.1) is 6.92 Å². The molecule has 6 heteroatoms. The number of nitrogens with one attached hydrogen (secondary N) is 2. The lowest BCUT2D eigenvalue weighted by atomic mass is 9.84. The van der Waals surface area contributed by atoms with E-state index in [1.165, 1.54) is 50.5 Å². The third kappa shape index (κ3) is 6.56. The van der Waals surface area contributed by atoms with Crippen molar-refractivity contribution in [2.24, 2.45) is 0 Å². The number of esters is 1. The molecule has 5 rings (SSSR count). The van der Waals surface area contributed by atoms with E-state index < -0.39 is 0 Å². The van der Waals surface area contributed by atoms with E-state index in [1.54, 1.807) is 0 Å². The Kier molecular flexibility index (Phi) is 8.72. The van der Waals surface area contributed by atoms with E-state index >= 15 is 0 Å². The molecule has 39 heavy (non-hydrogen) atoms. The molecule has 0 atom stereocenters. The minimum absolute atomic E-state index is 0.346. The van der Waals surface area contributed by atoms with Crippen molar-refractivity contribution in [1.29, 1.82) is 0 Å². The molecule has 0 unspecified atom stereocenters. The van der Waals surface area contributed by atoms with Gasteiger partial charge in [0.2, 0.25) is 0 Å². The molecule has 1 heterocycles. The maximum atomic E-state index is 12.7. The summed E-state index contributed by atoms with van der Waals surface area (Å²) in [6, 6.07) is 21.6. The molecule has 1 aliphatic carbocycles. The Bertz CT molecular complexity index is 1260. The summed E-state index contributed by atoms with van der Waals surface area (Å²) in [5.74, 6) is 0.353. The maximum Gasteiger partial charge on any atom is 0.340 e. The maximum absolute atomic E-state index is 12.7. The van der Waals surface area contributed by atoms with E-state index in [2.05, 4.69) is 72.0 Å². The minimum atomic E-state index is -0.362. The van der Waals surface area contributed by atoms with Crippen LogP contribution in [-0.4, -0.2) is 39.4 Å². The topological polar surface area (TPSA) is 62.8 Å². The summed E-state index contributed by atoms with van der Waals surface area (Å²) in [5, 5.41) is 7.01. The van der Waals surface area contributed by atoms with Gasteiger partial charge in [0, 0.05) is 49.1 Å². The van der Waals surface area contributed by atoms with Crippen LogP contribution in [0.25, 0.3) is 0 Å². The second-order valence-corrected chi connectivity index (χ2v) is 10.9. The lowest BCUT2D eigenvalue weighted by Gasteiger charge is -2.25. The third-order valence-electron chi connectivity index (χ3n) is 8.24. The Hall–Kier alpha value is -3.51. The average Bonchev–Trinajstić information content (AvgIpc) is 2.99. The molecule has 1 saturated carbocycles. The van der Waals surface area contributed by atoms with Crippen LogP contribution in [0.4, 0.5) is 28.4 Å². The van der Waals surface area contributed by atoms with Gasteiger partial charge in [0.05, 0.1) is 18.4 Å². The highest BCUT2D eigenvalue weighted by molar-refractivity contribution is 5.98. The number of hydrogen-bond acceptors (Lipinski definition) is 6. The summed E-state index contributed by atoms with van der Waals surface area (Å²) in [5.41, 5.74) is 7.96. The van der Waals surface area contributed by atoms with Crippen LogP contribution < -0.4 is 15.5 Å². The van der Waals surface area contributed by atoms with Gasteiger partial charge in [-0.3, -0.25) is 0 Å². The molecule has 0 bridgehead atoms. The molecule has 6 nitrogen and oxygen atoms in total. The van der Waals surface area contributed by atoms with Crippen molar-refractivity contribution in [3.05, 3.63) is 77.4 Å². The second-order valence-electron chi connectivity index (χ2n) is 10.9. The zero-order valence-corrected chi connectivity index (χ0v) is 23.5. The van der Waals surface area contributed by atoms with Crippen molar-refractivity contribution >= 4 is 34.4 Å². The van der Waals surface area contributed by atoms with Crippen LogP contribution in [0.1, 0.15) is 72.3 Å². The van der Waals surface area contributed by atoms with E-state index in [0.29, 0.717) is 17.5 Å². The first kappa shape index (κ1) is 27.1. The van der Waals surface area contributed by atoms with Gasteiger partial charge < -0.3 is 25.0 Å². The predicted molar refractivity (Wildman–Crippen MR) is 160 cm³/mol. The van der Waals surface area contributed by atoms with Crippen molar-refractivity contribution in [3.63, 3.8) is 0 Å². The summed E-state index contributed by atoms with van der Waals surface area (Å²) in [6.07, 6.45) is 8.63. The summed E-state index contributed by atoms with van der Waals surface area (Å²) in [6.45, 7) is 3.61. The number of benzene rings is 3. The highest BCUT2D eigenvalue weighted by Gasteiger charge is 2.18. The number of nitrogens with zero attached hydrogens (tertiary/aromatic N) is 1. The predicted octanol–water partition coefficient (Wildman–Crippen LogP) is 7.93. The Morgan fingerprint density at radius 2 is 1.56 bits per heavy atom. The van der Waals surface area contributed by atoms with Gasteiger partial charge in [0.25, 0.3) is 0 Å². The molecule has 0 spiro atoms. The fourth-order valence-corrected chi connectivity index (χ4v) is 5.80. The van der Waals surface area contributed by atoms with Crippen LogP contribution in [0.3, 0.4) is 0 Å². The van der Waals surface area contributed by atoms with Gasteiger partial charge in [-0.25, -0.2) is 4.79 Å². The van der Waals surface area contributed by atoms with E-state index in [1.807, 2.05) is 18.2 Å². The van der Waals surface area contributed by atoms with Crippen molar-refractivity contribution in [2.45, 2.75) is 63.8 Å². The zero-order valence-electron chi connectivity index (χ0n) is 23.5. The van der Waals surface area contributed by atoms with Gasteiger partial charge in [-0.05, 0) is 98.2 Å². The van der Waals surface area contributed by atoms with E-state index in [0.717, 1.165) is 54.4 Å². The number of ether oxygens (including phenoxy) is 2. The number of hydrogen-bond donors (Lipinski definition) is 2. The lowest BCUT2D eigenvalue weighted by Crippen LogP contribution is -2.27. The number of aryl methyl sites for hydroxylation is 1. The van der Waals surface area contributed by atoms with E-state index in [9.17, 15) is 4.79 Å². The van der Waals surface area contributed by atoms with E-state index in [4.69, 9.17) is 9.47 Å². The highest BCUT2D eigenvalue weighted by Crippen LogP contribution is 2.35. The fourth-order valence-electron chi connectivity index (χ4n) is 5.80. The molecular formula is C33H41N3O3. The standard InChI is InChI=1S/C33H41N3O3/c1-23-21-29(36(2)28-12-9-25(10-13-28)24-7-5-4-6-8-24)14-16-31(23)35-32-15-11-27(22-30(32)33(37)38-3)34-26-17-19-39-20-18-26/h9-16,21-22,24,26,34-35H,4-8,17-20H2,1-3H3. The van der Waals surface area contributed by atoms with Gasteiger partial charge in [0.15, 0.2) is 0 Å². The zero-order chi connectivity index (χ0) is 27.2. The number of methoxy groups -OCH3 is 1. The van der Waals surface area contributed by atoms with E-state index in [-0.39, 0.29) is 5.97 Å². The first-order chi connectivity index (χ1) is 19.0. The Balaban J connectivity index is 1.30. The largest absolute Gasteiger partial charge is 0.465 e. The minimum Gasteiger partial charge on any atom is -0.465 e. The molecule has 0 radical (unpaired) electrons. The molecule has 206 valence electrons. The fraction of sp³-hybridized carbons (Fsp3) is 0.424. The molecule has 2 N–H and O–H groups in total. The lowest BCUT2D eigenvalue weighted by molar-refractivity contribution is 0.0602. The first-order valence-electron chi connectivity index (χ1n) is 14.3. The van der Waals surface area contributed by atoms with Crippen LogP contribution in [0.15, 0.2) is 60.7 Å². The molecule has 1 saturated heterocycles. The van der Waals surface area contributed by atoms with Crippen molar-refractivity contribution in [3.8, 4) is 0 Å². The summed E-state index contributed by atoms with van der Waals surface area (Å²) < 4.78 is 10.6. The number of anilines is 5. The quantitative estimate of drug-likeness (QED) is 0.290. The average molecular weight is 528 g/mol. The Labute approximate surface area is 232 Å².